The van der Waals surface area contributed by atoms with Crippen molar-refractivity contribution < 1.29 is 19.0 Å². The van der Waals surface area contributed by atoms with E-state index < -0.39 is 5.82 Å². The summed E-state index contributed by atoms with van der Waals surface area (Å²) in [5.74, 6) is -0.430. The molecule has 1 aliphatic heterocycles. The molecule has 1 aliphatic rings. The number of amides is 1. The van der Waals surface area contributed by atoms with Gasteiger partial charge in [-0.05, 0) is 42.8 Å². The molecule has 1 heterocycles. The lowest BCUT2D eigenvalue weighted by molar-refractivity contribution is 0.105. The summed E-state index contributed by atoms with van der Waals surface area (Å²) in [6.45, 7) is 4.56. The number of rotatable bonds is 6. The molecule has 0 radical (unpaired) electrons. The van der Waals surface area contributed by atoms with Gasteiger partial charge in [0.25, 0.3) is 0 Å². The molecule has 2 N–H and O–H groups in total. The van der Waals surface area contributed by atoms with Crippen molar-refractivity contribution in [2.75, 3.05) is 43.0 Å². The van der Waals surface area contributed by atoms with Crippen molar-refractivity contribution in [3.05, 3.63) is 58.9 Å². The molecule has 7 nitrogen and oxygen atoms in total. The Bertz CT molecular complexity index is 936. The average Bonchev–Trinajstić information content (AvgIpc) is 2.78. The van der Waals surface area contributed by atoms with Crippen LogP contribution in [0.15, 0.2) is 36.4 Å². The first-order chi connectivity index (χ1) is 14.5. The van der Waals surface area contributed by atoms with Gasteiger partial charge in [-0.3, -0.25) is 0 Å². The first-order valence-corrected chi connectivity index (χ1v) is 9.88. The highest BCUT2D eigenvalue weighted by atomic mass is 19.1. The van der Waals surface area contributed by atoms with E-state index >= 15 is 0 Å². The summed E-state index contributed by atoms with van der Waals surface area (Å²) in [6, 6.07) is 12.4. The lowest BCUT2D eigenvalue weighted by atomic mass is 10.1. The average molecular weight is 412 g/mol. The summed E-state index contributed by atoms with van der Waals surface area (Å²) in [5.41, 5.74) is 3.23. The summed E-state index contributed by atoms with van der Waals surface area (Å²) in [4.78, 5) is 15.6. The van der Waals surface area contributed by atoms with Crippen LogP contribution < -0.4 is 10.2 Å². The fourth-order valence-corrected chi connectivity index (χ4v) is 3.42. The molecule has 0 saturated carbocycles. The van der Waals surface area contributed by atoms with Crippen LogP contribution in [0.5, 0.6) is 0 Å². The van der Waals surface area contributed by atoms with E-state index in [0.717, 1.165) is 16.9 Å². The van der Waals surface area contributed by atoms with Gasteiger partial charge in [0.05, 0.1) is 24.5 Å². The second-order valence-electron chi connectivity index (χ2n) is 6.95. The Hall–Kier alpha value is -3.31. The fraction of sp³-hybridized carbons (Fsp3) is 0.364. The van der Waals surface area contributed by atoms with Gasteiger partial charge in [-0.25, -0.2) is 9.18 Å². The Labute approximate surface area is 175 Å². The van der Waals surface area contributed by atoms with Gasteiger partial charge in [-0.2, -0.15) is 5.26 Å². The second kappa shape index (κ2) is 9.94. The summed E-state index contributed by atoms with van der Waals surface area (Å²) in [6.07, 6.45) is -0.303. The molecule has 1 amide bonds. The number of aliphatic hydroxyl groups is 1. The predicted molar refractivity (Wildman–Crippen MR) is 112 cm³/mol. The van der Waals surface area contributed by atoms with Gasteiger partial charge in [0.2, 0.25) is 0 Å². The van der Waals surface area contributed by atoms with Crippen molar-refractivity contribution in [1.29, 1.82) is 5.26 Å². The van der Waals surface area contributed by atoms with E-state index in [0.29, 0.717) is 44.9 Å². The number of aliphatic hydroxyl groups excluding tert-OH is 1. The number of carbonyl (C=O) groups is 1. The third-order valence-corrected chi connectivity index (χ3v) is 5.04. The molecule has 2 aromatic carbocycles. The largest absolute Gasteiger partial charge is 0.450 e. The first-order valence-electron chi connectivity index (χ1n) is 9.88. The maximum Gasteiger partial charge on any atom is 0.409 e. The highest BCUT2D eigenvalue weighted by Crippen LogP contribution is 2.25. The van der Waals surface area contributed by atoms with Crippen molar-refractivity contribution >= 4 is 17.5 Å². The van der Waals surface area contributed by atoms with Gasteiger partial charge in [0.15, 0.2) is 0 Å². The van der Waals surface area contributed by atoms with Crippen LogP contribution in [0.2, 0.25) is 0 Å². The van der Waals surface area contributed by atoms with Gasteiger partial charge in [-0.15, -0.1) is 0 Å². The Balaban J connectivity index is 1.64. The summed E-state index contributed by atoms with van der Waals surface area (Å²) < 4.78 is 18.6. The molecule has 2 aromatic rings. The first kappa shape index (κ1) is 21.4. The molecule has 0 aromatic heterocycles. The maximum atomic E-state index is 13.5. The predicted octanol–water partition coefficient (Wildman–Crippen LogP) is 3.08. The van der Waals surface area contributed by atoms with Crippen LogP contribution in [-0.4, -0.2) is 48.9 Å². The number of benzene rings is 2. The van der Waals surface area contributed by atoms with Crippen LogP contribution >= 0.6 is 0 Å². The van der Waals surface area contributed by atoms with Crippen molar-refractivity contribution in [3.8, 4) is 6.07 Å². The number of halogens is 1. The third-order valence-electron chi connectivity index (χ3n) is 5.04. The standard InChI is InChI=1S/C22H25FN4O3/c1-2-30-22(29)27-9-7-26(8-10-27)21-6-4-19(12-17(21)13-24)25-14-16-3-5-20(23)18(11-16)15-28/h3-6,11-12,25,28H,2,7-10,14-15H2,1H3. The molecule has 0 unspecified atom stereocenters. The molecule has 0 atom stereocenters. The monoisotopic (exact) mass is 412 g/mol. The van der Waals surface area contributed by atoms with Crippen molar-refractivity contribution in [2.45, 2.75) is 20.1 Å². The van der Waals surface area contributed by atoms with Crippen LogP contribution in [0.3, 0.4) is 0 Å². The van der Waals surface area contributed by atoms with Gasteiger partial charge >= 0.3 is 6.09 Å². The van der Waals surface area contributed by atoms with Crippen molar-refractivity contribution in [1.82, 2.24) is 4.90 Å². The fourth-order valence-electron chi connectivity index (χ4n) is 3.42. The van der Waals surface area contributed by atoms with E-state index in [-0.39, 0.29) is 18.3 Å². The molecule has 1 fully saturated rings. The zero-order valence-corrected chi connectivity index (χ0v) is 16.9. The van der Waals surface area contributed by atoms with Crippen LogP contribution in [0.4, 0.5) is 20.6 Å². The van der Waals surface area contributed by atoms with Gasteiger partial charge in [0.1, 0.15) is 11.9 Å². The Morgan fingerprint density at radius 3 is 2.67 bits per heavy atom. The highest BCUT2D eigenvalue weighted by Gasteiger charge is 2.23. The number of piperazine rings is 1. The van der Waals surface area contributed by atoms with E-state index in [1.165, 1.54) is 6.07 Å². The SMILES string of the molecule is CCOC(=O)N1CCN(c2ccc(NCc3ccc(F)c(CO)c3)cc2C#N)CC1. The van der Waals surface area contributed by atoms with E-state index in [1.54, 1.807) is 30.0 Å². The van der Waals surface area contributed by atoms with Crippen molar-refractivity contribution in [3.63, 3.8) is 0 Å². The van der Waals surface area contributed by atoms with Gasteiger partial charge in [-0.1, -0.05) is 6.07 Å². The molecule has 0 aliphatic carbocycles. The van der Waals surface area contributed by atoms with Crippen LogP contribution in [0.1, 0.15) is 23.6 Å². The zero-order valence-electron chi connectivity index (χ0n) is 16.9. The number of ether oxygens (including phenoxy) is 1. The van der Waals surface area contributed by atoms with Crippen molar-refractivity contribution in [2.24, 2.45) is 0 Å². The number of hydrogen-bond acceptors (Lipinski definition) is 6. The third kappa shape index (κ3) is 4.99. The number of nitrogens with zero attached hydrogens (tertiary/aromatic N) is 3. The number of hydrogen-bond donors (Lipinski definition) is 2. The smallest absolute Gasteiger partial charge is 0.409 e. The normalized spacial score (nSPS) is 13.7. The molecular weight excluding hydrogens is 387 g/mol. The number of nitriles is 1. The molecule has 1 saturated heterocycles. The Kier molecular flexibility index (Phi) is 7.09. The Morgan fingerprint density at radius 2 is 2.00 bits per heavy atom. The Morgan fingerprint density at radius 1 is 1.23 bits per heavy atom. The summed E-state index contributed by atoms with van der Waals surface area (Å²) in [5, 5.41) is 22.0. The molecule has 0 spiro atoms. The van der Waals surface area contributed by atoms with E-state index in [2.05, 4.69) is 16.3 Å². The molecule has 3 rings (SSSR count). The lowest BCUT2D eigenvalue weighted by Gasteiger charge is -2.35. The number of carbonyl (C=O) groups excluding carboxylic acids is 1. The minimum Gasteiger partial charge on any atom is -0.450 e. The van der Waals surface area contributed by atoms with Gasteiger partial charge < -0.3 is 25.0 Å². The van der Waals surface area contributed by atoms with E-state index in [1.807, 2.05) is 12.1 Å². The van der Waals surface area contributed by atoms with Crippen LogP contribution in [-0.2, 0) is 17.9 Å². The topological polar surface area (TPSA) is 88.8 Å². The highest BCUT2D eigenvalue weighted by molar-refractivity contribution is 5.69. The summed E-state index contributed by atoms with van der Waals surface area (Å²) >= 11 is 0. The minimum atomic E-state index is -0.430. The molecule has 8 heteroatoms. The lowest BCUT2D eigenvalue weighted by Crippen LogP contribution is -2.49. The number of anilines is 2. The quantitative estimate of drug-likeness (QED) is 0.758. The minimum absolute atomic E-state index is 0.254. The van der Waals surface area contributed by atoms with Crippen LogP contribution in [0, 0.1) is 17.1 Å². The van der Waals surface area contributed by atoms with Crippen LogP contribution in [0.25, 0.3) is 0 Å². The summed E-state index contributed by atoms with van der Waals surface area (Å²) in [7, 11) is 0. The second-order valence-corrected chi connectivity index (χ2v) is 6.95. The van der Waals surface area contributed by atoms with E-state index in [4.69, 9.17) is 4.74 Å². The zero-order chi connectivity index (χ0) is 21.5. The maximum absolute atomic E-state index is 13.5. The molecule has 158 valence electrons. The number of nitrogens with one attached hydrogen (secondary N) is 1. The van der Waals surface area contributed by atoms with E-state index in [9.17, 15) is 19.6 Å². The molecule has 30 heavy (non-hydrogen) atoms. The molecule has 0 bridgehead atoms. The van der Waals surface area contributed by atoms with Gasteiger partial charge in [0, 0.05) is 44.0 Å². The molecular formula is C22H25FN4O3.